The van der Waals surface area contributed by atoms with E-state index in [1.165, 1.54) is 6.26 Å². The molecule has 1 fully saturated rings. The van der Waals surface area contributed by atoms with Gasteiger partial charge in [-0.1, -0.05) is 0 Å². The highest BCUT2D eigenvalue weighted by molar-refractivity contribution is 7.88. The number of hydrogen-bond acceptors (Lipinski definition) is 4. The van der Waals surface area contributed by atoms with E-state index in [1.807, 2.05) is 24.0 Å². The second-order valence-corrected chi connectivity index (χ2v) is 7.17. The second kappa shape index (κ2) is 6.02. The van der Waals surface area contributed by atoms with Gasteiger partial charge in [0.05, 0.1) is 11.9 Å². The molecule has 108 valence electrons. The summed E-state index contributed by atoms with van der Waals surface area (Å²) >= 11 is 0. The monoisotopic (exact) mass is 286 g/mol. The van der Waals surface area contributed by atoms with Gasteiger partial charge in [0.2, 0.25) is 10.0 Å². The normalized spacial score (nSPS) is 21.7. The quantitative estimate of drug-likeness (QED) is 0.844. The van der Waals surface area contributed by atoms with Crippen molar-refractivity contribution in [2.24, 2.45) is 5.92 Å². The van der Waals surface area contributed by atoms with Gasteiger partial charge in [-0.25, -0.2) is 12.7 Å². The van der Waals surface area contributed by atoms with Crippen LogP contribution >= 0.6 is 0 Å². The van der Waals surface area contributed by atoms with Crippen molar-refractivity contribution < 1.29 is 8.42 Å². The lowest BCUT2D eigenvalue weighted by molar-refractivity contribution is 0.240. The summed E-state index contributed by atoms with van der Waals surface area (Å²) in [7, 11) is -1.17. The molecule has 0 aliphatic carbocycles. The van der Waals surface area contributed by atoms with Crippen molar-refractivity contribution in [3.8, 4) is 0 Å². The third-order valence-electron chi connectivity index (χ3n) is 3.45. The fourth-order valence-corrected chi connectivity index (χ4v) is 3.46. The first-order chi connectivity index (χ1) is 8.99. The molecule has 0 aromatic carbocycles. The average Bonchev–Trinajstić information content (AvgIpc) is 2.76. The molecular formula is C12H22N4O2S. The van der Waals surface area contributed by atoms with Crippen LogP contribution in [-0.4, -0.2) is 48.9 Å². The van der Waals surface area contributed by atoms with Crippen LogP contribution in [0, 0.1) is 5.92 Å². The highest BCUT2D eigenvalue weighted by Gasteiger charge is 2.26. The zero-order chi connectivity index (χ0) is 13.9. The maximum atomic E-state index is 11.6. The van der Waals surface area contributed by atoms with Gasteiger partial charge in [-0.15, -0.1) is 0 Å². The van der Waals surface area contributed by atoms with Gasteiger partial charge in [0, 0.05) is 32.4 Å². The van der Waals surface area contributed by atoms with E-state index in [0.29, 0.717) is 19.0 Å². The van der Waals surface area contributed by atoms with E-state index >= 15 is 0 Å². The molecule has 0 amide bonds. The molecule has 1 aliphatic rings. The Morgan fingerprint density at radius 3 is 3.00 bits per heavy atom. The molecule has 1 aromatic heterocycles. The third kappa shape index (κ3) is 4.02. The van der Waals surface area contributed by atoms with Crippen molar-refractivity contribution in [1.82, 2.24) is 19.4 Å². The molecular weight excluding hydrogens is 264 g/mol. The highest BCUT2D eigenvalue weighted by Crippen LogP contribution is 2.20. The van der Waals surface area contributed by atoms with Crippen molar-refractivity contribution in [2.45, 2.75) is 25.9 Å². The Morgan fingerprint density at radius 2 is 2.32 bits per heavy atom. The molecule has 1 unspecified atom stereocenters. The van der Waals surface area contributed by atoms with Crippen molar-refractivity contribution in [3.05, 3.63) is 18.0 Å². The molecule has 6 nitrogen and oxygen atoms in total. The van der Waals surface area contributed by atoms with E-state index in [-0.39, 0.29) is 0 Å². The first-order valence-corrected chi connectivity index (χ1v) is 8.46. The molecule has 19 heavy (non-hydrogen) atoms. The molecule has 0 saturated carbocycles. The number of rotatable bonds is 5. The van der Waals surface area contributed by atoms with E-state index in [0.717, 1.165) is 31.6 Å². The summed E-state index contributed by atoms with van der Waals surface area (Å²) in [6, 6.07) is 1.99. The highest BCUT2D eigenvalue weighted by atomic mass is 32.2. The van der Waals surface area contributed by atoms with Gasteiger partial charge in [0.15, 0.2) is 0 Å². The first-order valence-electron chi connectivity index (χ1n) is 6.61. The van der Waals surface area contributed by atoms with Gasteiger partial charge < -0.3 is 5.32 Å². The minimum absolute atomic E-state index is 0.353. The summed E-state index contributed by atoms with van der Waals surface area (Å²) in [4.78, 5) is 0. The molecule has 1 atom stereocenters. The van der Waals surface area contributed by atoms with Crippen LogP contribution < -0.4 is 5.32 Å². The van der Waals surface area contributed by atoms with Gasteiger partial charge in [0.25, 0.3) is 0 Å². The van der Waals surface area contributed by atoms with Gasteiger partial charge in [-0.2, -0.15) is 5.10 Å². The Bertz CT molecular complexity index is 512. The maximum absolute atomic E-state index is 11.6. The molecule has 1 aliphatic heterocycles. The SMILES string of the molecule is CNCc1ccn(CC2CCCN(S(C)(=O)=O)C2)n1. The molecule has 0 spiro atoms. The number of piperidine rings is 1. The van der Waals surface area contributed by atoms with Crippen LogP contribution in [0.5, 0.6) is 0 Å². The predicted octanol–water partition coefficient (Wildman–Crippen LogP) is 0.274. The standard InChI is InChI=1S/C12H22N4O2S/c1-13-8-12-5-7-15(14-12)9-11-4-3-6-16(10-11)19(2,17)18/h5,7,11,13H,3-4,6,8-10H2,1-2H3. The van der Waals surface area contributed by atoms with Crippen LogP contribution in [-0.2, 0) is 23.1 Å². The molecule has 0 bridgehead atoms. The molecule has 2 rings (SSSR count). The number of nitrogens with one attached hydrogen (secondary N) is 1. The average molecular weight is 286 g/mol. The predicted molar refractivity (Wildman–Crippen MR) is 74.1 cm³/mol. The zero-order valence-corrected chi connectivity index (χ0v) is 12.4. The van der Waals surface area contributed by atoms with E-state index in [9.17, 15) is 8.42 Å². The van der Waals surface area contributed by atoms with E-state index in [1.54, 1.807) is 4.31 Å². The summed E-state index contributed by atoms with van der Waals surface area (Å²) in [5.74, 6) is 0.353. The van der Waals surface area contributed by atoms with Gasteiger partial charge in [0.1, 0.15) is 0 Å². The largest absolute Gasteiger partial charge is 0.314 e. The van der Waals surface area contributed by atoms with E-state index in [2.05, 4.69) is 10.4 Å². The van der Waals surface area contributed by atoms with Crippen molar-refractivity contribution >= 4 is 10.0 Å². The number of sulfonamides is 1. The van der Waals surface area contributed by atoms with Crippen molar-refractivity contribution in [1.29, 1.82) is 0 Å². The second-order valence-electron chi connectivity index (χ2n) is 5.19. The van der Waals surface area contributed by atoms with Gasteiger partial charge in [-0.3, -0.25) is 4.68 Å². The zero-order valence-electron chi connectivity index (χ0n) is 11.5. The Kier molecular flexibility index (Phi) is 4.59. The summed E-state index contributed by atoms with van der Waals surface area (Å²) < 4.78 is 26.6. The fourth-order valence-electron chi connectivity index (χ4n) is 2.52. The lowest BCUT2D eigenvalue weighted by Gasteiger charge is -2.30. The Morgan fingerprint density at radius 1 is 1.53 bits per heavy atom. The molecule has 1 saturated heterocycles. The molecule has 0 radical (unpaired) electrons. The summed E-state index contributed by atoms with van der Waals surface area (Å²) in [6.45, 7) is 2.81. The fraction of sp³-hybridized carbons (Fsp3) is 0.750. The minimum atomic E-state index is -3.06. The van der Waals surface area contributed by atoms with Crippen LogP contribution in [0.3, 0.4) is 0 Å². The minimum Gasteiger partial charge on any atom is -0.314 e. The van der Waals surface area contributed by atoms with Crippen molar-refractivity contribution in [3.63, 3.8) is 0 Å². The lowest BCUT2D eigenvalue weighted by Crippen LogP contribution is -2.40. The Balaban J connectivity index is 1.94. The van der Waals surface area contributed by atoms with Crippen LogP contribution in [0.4, 0.5) is 0 Å². The first kappa shape index (κ1) is 14.5. The van der Waals surface area contributed by atoms with Crippen LogP contribution in [0.15, 0.2) is 12.3 Å². The third-order valence-corrected chi connectivity index (χ3v) is 4.72. The number of hydrogen-bond donors (Lipinski definition) is 1. The van der Waals surface area contributed by atoms with Gasteiger partial charge in [-0.05, 0) is 31.9 Å². The van der Waals surface area contributed by atoms with Crippen LogP contribution in [0.25, 0.3) is 0 Å². The number of nitrogens with zero attached hydrogens (tertiary/aromatic N) is 3. The smallest absolute Gasteiger partial charge is 0.211 e. The summed E-state index contributed by atoms with van der Waals surface area (Å²) in [5, 5.41) is 7.53. The Hall–Kier alpha value is -0.920. The summed E-state index contributed by atoms with van der Waals surface area (Å²) in [6.07, 6.45) is 5.25. The van der Waals surface area contributed by atoms with E-state index < -0.39 is 10.0 Å². The van der Waals surface area contributed by atoms with Crippen LogP contribution in [0.2, 0.25) is 0 Å². The van der Waals surface area contributed by atoms with Gasteiger partial charge >= 0.3 is 0 Å². The van der Waals surface area contributed by atoms with E-state index in [4.69, 9.17) is 0 Å². The molecule has 2 heterocycles. The lowest BCUT2D eigenvalue weighted by atomic mass is 10.00. The molecule has 7 heteroatoms. The van der Waals surface area contributed by atoms with Crippen LogP contribution in [0.1, 0.15) is 18.5 Å². The summed E-state index contributed by atoms with van der Waals surface area (Å²) in [5.41, 5.74) is 1.01. The molecule has 1 aromatic rings. The Labute approximate surface area is 114 Å². The molecule has 1 N–H and O–H groups in total. The topological polar surface area (TPSA) is 67.2 Å². The van der Waals surface area contributed by atoms with Crippen molar-refractivity contribution in [2.75, 3.05) is 26.4 Å². The maximum Gasteiger partial charge on any atom is 0.211 e. The number of aromatic nitrogens is 2.